The van der Waals surface area contributed by atoms with Crippen molar-refractivity contribution in [3.63, 3.8) is 0 Å². The predicted molar refractivity (Wildman–Crippen MR) is 68.0 cm³/mol. The zero-order valence-electron chi connectivity index (χ0n) is 11.3. The summed E-state index contributed by atoms with van der Waals surface area (Å²) in [5.74, 6) is -2.21. The summed E-state index contributed by atoms with van der Waals surface area (Å²) in [6.45, 7) is 1.92. The molecular weight excluding hydrogens is 289 g/mol. The van der Waals surface area contributed by atoms with E-state index in [1.54, 1.807) is 6.92 Å². The van der Waals surface area contributed by atoms with Gasteiger partial charge >= 0.3 is 12.1 Å². The quantitative estimate of drug-likeness (QED) is 0.922. The molecule has 0 aliphatic carbocycles. The van der Waals surface area contributed by atoms with Crippen molar-refractivity contribution < 1.29 is 27.8 Å². The van der Waals surface area contributed by atoms with Crippen molar-refractivity contribution >= 4 is 11.8 Å². The fourth-order valence-corrected chi connectivity index (χ4v) is 2.47. The highest BCUT2D eigenvalue weighted by molar-refractivity contribution is 5.72. The Balaban J connectivity index is 2.41. The van der Waals surface area contributed by atoms with E-state index < -0.39 is 29.7 Å². The van der Waals surface area contributed by atoms with Crippen LogP contribution in [0.15, 0.2) is 18.3 Å². The van der Waals surface area contributed by atoms with Gasteiger partial charge in [0.05, 0.1) is 24.8 Å². The highest BCUT2D eigenvalue weighted by atomic mass is 19.4. The second-order valence-corrected chi connectivity index (χ2v) is 4.71. The molecule has 1 aliphatic heterocycles. The molecule has 0 saturated carbocycles. The second-order valence-electron chi connectivity index (χ2n) is 4.71. The molecule has 21 heavy (non-hydrogen) atoms. The molecule has 2 rings (SSSR count). The fraction of sp³-hybridized carbons (Fsp3) is 0.538. The molecule has 0 amide bonds. The maximum Gasteiger partial charge on any atom is 0.419 e. The van der Waals surface area contributed by atoms with Crippen molar-refractivity contribution in [2.75, 3.05) is 24.7 Å². The van der Waals surface area contributed by atoms with E-state index >= 15 is 0 Å². The average Bonchev–Trinajstić information content (AvgIpc) is 2.88. The molecule has 2 atom stereocenters. The third-order valence-corrected chi connectivity index (χ3v) is 3.47. The first-order valence-electron chi connectivity index (χ1n) is 6.45. The molecule has 1 saturated heterocycles. The Morgan fingerprint density at radius 2 is 2.24 bits per heavy atom. The Bertz CT molecular complexity index is 522. The molecule has 1 aromatic heterocycles. The van der Waals surface area contributed by atoms with Crippen LogP contribution < -0.4 is 4.90 Å². The molecule has 116 valence electrons. The Morgan fingerprint density at radius 3 is 2.81 bits per heavy atom. The first kappa shape index (κ1) is 15.6. The third kappa shape index (κ3) is 3.10. The minimum Gasteiger partial charge on any atom is -0.481 e. The Morgan fingerprint density at radius 1 is 1.52 bits per heavy atom. The van der Waals surface area contributed by atoms with Crippen LogP contribution >= 0.6 is 0 Å². The van der Waals surface area contributed by atoms with Gasteiger partial charge in [0.2, 0.25) is 0 Å². The molecule has 1 fully saturated rings. The molecule has 0 spiro atoms. The molecule has 1 N–H and O–H groups in total. The summed E-state index contributed by atoms with van der Waals surface area (Å²) in [4.78, 5) is 16.4. The summed E-state index contributed by atoms with van der Waals surface area (Å²) >= 11 is 0. The SMILES string of the molecule is CCN(c1ncccc1C(F)(F)F)C1COCC1C(=O)O. The number of carboxylic acids is 1. The molecule has 5 nitrogen and oxygen atoms in total. The zero-order chi connectivity index (χ0) is 15.6. The zero-order valence-corrected chi connectivity index (χ0v) is 11.3. The summed E-state index contributed by atoms with van der Waals surface area (Å²) in [6.07, 6.45) is -3.28. The van der Waals surface area contributed by atoms with E-state index in [1.165, 1.54) is 17.2 Å². The standard InChI is InChI=1S/C13H15F3N2O3/c1-2-18(10-7-21-6-8(10)12(19)20)11-9(13(14,15)16)4-3-5-17-11/h3-5,8,10H,2,6-7H2,1H3,(H,19,20). The highest BCUT2D eigenvalue weighted by Crippen LogP contribution is 2.37. The first-order chi connectivity index (χ1) is 9.86. The molecule has 2 heterocycles. The van der Waals surface area contributed by atoms with Crippen LogP contribution in [0.3, 0.4) is 0 Å². The van der Waals surface area contributed by atoms with Gasteiger partial charge in [0.25, 0.3) is 0 Å². The molecule has 8 heteroatoms. The van der Waals surface area contributed by atoms with Gasteiger partial charge in [-0.25, -0.2) is 4.98 Å². The van der Waals surface area contributed by atoms with Crippen molar-refractivity contribution in [3.05, 3.63) is 23.9 Å². The molecule has 2 unspecified atom stereocenters. The van der Waals surface area contributed by atoms with Crippen LogP contribution in [0.5, 0.6) is 0 Å². The Labute approximate surface area is 119 Å². The third-order valence-electron chi connectivity index (χ3n) is 3.47. The van der Waals surface area contributed by atoms with E-state index in [0.717, 1.165) is 6.07 Å². The molecule has 0 radical (unpaired) electrons. The maximum absolute atomic E-state index is 13.1. The van der Waals surface area contributed by atoms with Crippen LogP contribution in [0.25, 0.3) is 0 Å². The number of alkyl halides is 3. The van der Waals surface area contributed by atoms with Gasteiger partial charge < -0.3 is 14.7 Å². The largest absolute Gasteiger partial charge is 0.481 e. The summed E-state index contributed by atoms with van der Waals surface area (Å²) in [5.41, 5.74) is -0.872. The number of carboxylic acid groups (broad SMARTS) is 1. The lowest BCUT2D eigenvalue weighted by atomic mass is 10.0. The summed E-state index contributed by atoms with van der Waals surface area (Å²) in [6, 6.07) is 1.49. The van der Waals surface area contributed by atoms with E-state index in [4.69, 9.17) is 9.84 Å². The Kier molecular flexibility index (Phi) is 4.36. The number of hydrogen-bond acceptors (Lipinski definition) is 4. The number of anilines is 1. The van der Waals surface area contributed by atoms with Crippen LogP contribution in [-0.2, 0) is 15.7 Å². The van der Waals surface area contributed by atoms with Crippen molar-refractivity contribution in [2.24, 2.45) is 5.92 Å². The molecule has 1 aromatic rings. The van der Waals surface area contributed by atoms with E-state index in [0.29, 0.717) is 0 Å². The van der Waals surface area contributed by atoms with E-state index in [9.17, 15) is 18.0 Å². The van der Waals surface area contributed by atoms with E-state index in [-0.39, 0.29) is 25.6 Å². The Hall–Kier alpha value is -1.83. The average molecular weight is 304 g/mol. The molecule has 1 aliphatic rings. The monoisotopic (exact) mass is 304 g/mol. The number of likely N-dealkylation sites (N-methyl/N-ethyl adjacent to an activating group) is 1. The lowest BCUT2D eigenvalue weighted by Gasteiger charge is -2.32. The summed E-state index contributed by atoms with van der Waals surface area (Å²) < 4.78 is 44.3. The van der Waals surface area contributed by atoms with Crippen LogP contribution in [0.1, 0.15) is 12.5 Å². The number of hydrogen-bond donors (Lipinski definition) is 1. The van der Waals surface area contributed by atoms with Crippen molar-refractivity contribution in [1.29, 1.82) is 0 Å². The van der Waals surface area contributed by atoms with E-state index in [1.807, 2.05) is 0 Å². The number of ether oxygens (including phenoxy) is 1. The van der Waals surface area contributed by atoms with Gasteiger partial charge in [0, 0.05) is 12.7 Å². The van der Waals surface area contributed by atoms with Crippen LogP contribution in [-0.4, -0.2) is 41.9 Å². The number of aliphatic carboxylic acids is 1. The molecule has 0 aromatic carbocycles. The van der Waals surface area contributed by atoms with Gasteiger partial charge in [-0.1, -0.05) is 0 Å². The minimum absolute atomic E-state index is 0.00924. The second kappa shape index (κ2) is 5.88. The number of rotatable bonds is 4. The lowest BCUT2D eigenvalue weighted by Crippen LogP contribution is -2.44. The van der Waals surface area contributed by atoms with Gasteiger partial charge in [-0.05, 0) is 19.1 Å². The number of halogens is 3. The van der Waals surface area contributed by atoms with Crippen LogP contribution in [0, 0.1) is 5.92 Å². The van der Waals surface area contributed by atoms with Gasteiger partial charge in [-0.15, -0.1) is 0 Å². The van der Waals surface area contributed by atoms with Gasteiger partial charge in [-0.3, -0.25) is 4.79 Å². The van der Waals surface area contributed by atoms with Gasteiger partial charge in [-0.2, -0.15) is 13.2 Å². The highest BCUT2D eigenvalue weighted by Gasteiger charge is 2.42. The molecule has 0 bridgehead atoms. The predicted octanol–water partition coefficient (Wildman–Crippen LogP) is 2.03. The fourth-order valence-electron chi connectivity index (χ4n) is 2.47. The van der Waals surface area contributed by atoms with Crippen LogP contribution in [0.2, 0.25) is 0 Å². The van der Waals surface area contributed by atoms with Gasteiger partial charge in [0.1, 0.15) is 11.7 Å². The maximum atomic E-state index is 13.1. The summed E-state index contributed by atoms with van der Waals surface area (Å²) in [7, 11) is 0. The number of aromatic nitrogens is 1. The number of carbonyl (C=O) groups is 1. The molecular formula is C13H15F3N2O3. The van der Waals surface area contributed by atoms with Crippen molar-refractivity contribution in [2.45, 2.75) is 19.1 Å². The normalized spacial score (nSPS) is 22.3. The topological polar surface area (TPSA) is 62.7 Å². The van der Waals surface area contributed by atoms with Crippen LogP contribution in [0.4, 0.5) is 19.0 Å². The number of nitrogens with zero attached hydrogens (tertiary/aromatic N) is 2. The van der Waals surface area contributed by atoms with Crippen molar-refractivity contribution in [3.8, 4) is 0 Å². The van der Waals surface area contributed by atoms with Gasteiger partial charge in [0.15, 0.2) is 0 Å². The first-order valence-corrected chi connectivity index (χ1v) is 6.45. The van der Waals surface area contributed by atoms with E-state index in [2.05, 4.69) is 4.98 Å². The lowest BCUT2D eigenvalue weighted by molar-refractivity contribution is -0.142. The smallest absolute Gasteiger partial charge is 0.419 e. The minimum atomic E-state index is -4.55. The van der Waals surface area contributed by atoms with Crippen molar-refractivity contribution in [1.82, 2.24) is 4.98 Å². The summed E-state index contributed by atoms with van der Waals surface area (Å²) in [5, 5.41) is 9.15. The number of pyridine rings is 1.